The van der Waals surface area contributed by atoms with Gasteiger partial charge in [-0.15, -0.1) is 0 Å². The largest absolute Gasteiger partial charge is 0.464 e. The molecule has 0 saturated carbocycles. The highest BCUT2D eigenvalue weighted by Gasteiger charge is 2.04. The normalized spacial score (nSPS) is 11.0. The highest BCUT2D eigenvalue weighted by atomic mass is 16.3. The van der Waals surface area contributed by atoms with Crippen molar-refractivity contribution in [3.05, 3.63) is 35.6 Å². The maximum absolute atomic E-state index is 5.54. The third-order valence-corrected chi connectivity index (χ3v) is 2.54. The average molecular weight is 189 g/mol. The number of nitrogens with two attached hydrogens (primary N) is 1. The Hall–Kier alpha value is -1.28. The van der Waals surface area contributed by atoms with E-state index in [2.05, 4.69) is 19.1 Å². The first-order chi connectivity index (χ1) is 6.85. The third-order valence-electron chi connectivity index (χ3n) is 2.54. The van der Waals surface area contributed by atoms with Gasteiger partial charge in [0.05, 0.1) is 6.26 Å². The van der Waals surface area contributed by atoms with Gasteiger partial charge in [0.25, 0.3) is 0 Å². The van der Waals surface area contributed by atoms with E-state index in [9.17, 15) is 0 Å². The second-order valence-corrected chi connectivity index (χ2v) is 3.48. The van der Waals surface area contributed by atoms with Crippen molar-refractivity contribution in [2.24, 2.45) is 5.73 Å². The van der Waals surface area contributed by atoms with Crippen LogP contribution in [0.25, 0.3) is 11.0 Å². The minimum atomic E-state index is 0.672. The van der Waals surface area contributed by atoms with E-state index < -0.39 is 0 Å². The Morgan fingerprint density at radius 3 is 2.93 bits per heavy atom. The van der Waals surface area contributed by atoms with Gasteiger partial charge in [0, 0.05) is 5.39 Å². The summed E-state index contributed by atoms with van der Waals surface area (Å²) in [4.78, 5) is 0. The van der Waals surface area contributed by atoms with Gasteiger partial charge >= 0.3 is 0 Å². The van der Waals surface area contributed by atoms with Crippen LogP contribution in [0.5, 0.6) is 0 Å². The molecule has 1 aromatic carbocycles. The van der Waals surface area contributed by atoms with Gasteiger partial charge in [-0.05, 0) is 42.6 Å². The van der Waals surface area contributed by atoms with Crippen LogP contribution in [0.2, 0.25) is 0 Å². The molecule has 2 nitrogen and oxygen atoms in total. The van der Waals surface area contributed by atoms with Crippen LogP contribution in [0.1, 0.15) is 18.1 Å². The van der Waals surface area contributed by atoms with Gasteiger partial charge < -0.3 is 10.2 Å². The molecular formula is C12H15NO. The highest BCUT2D eigenvalue weighted by Crippen LogP contribution is 2.22. The van der Waals surface area contributed by atoms with Crippen molar-refractivity contribution in [2.45, 2.75) is 19.8 Å². The van der Waals surface area contributed by atoms with Crippen LogP contribution in [0.4, 0.5) is 0 Å². The van der Waals surface area contributed by atoms with Gasteiger partial charge in [0.15, 0.2) is 0 Å². The summed E-state index contributed by atoms with van der Waals surface area (Å²) in [5.41, 5.74) is 9.07. The van der Waals surface area contributed by atoms with Crippen LogP contribution in [0.3, 0.4) is 0 Å². The number of rotatable bonds is 3. The predicted octanol–water partition coefficient (Wildman–Crippen LogP) is 2.50. The molecule has 2 N–H and O–H groups in total. The van der Waals surface area contributed by atoms with Crippen molar-refractivity contribution in [2.75, 3.05) is 6.54 Å². The van der Waals surface area contributed by atoms with Gasteiger partial charge in [0.2, 0.25) is 0 Å². The van der Waals surface area contributed by atoms with Crippen molar-refractivity contribution in [1.82, 2.24) is 0 Å². The summed E-state index contributed by atoms with van der Waals surface area (Å²) >= 11 is 0. The van der Waals surface area contributed by atoms with Crippen molar-refractivity contribution in [3.8, 4) is 0 Å². The SMILES string of the molecule is CCc1ccc2occ(CCN)c2c1. The van der Waals surface area contributed by atoms with Crippen LogP contribution >= 0.6 is 0 Å². The van der Waals surface area contributed by atoms with Gasteiger partial charge in [-0.3, -0.25) is 0 Å². The first-order valence-corrected chi connectivity index (χ1v) is 5.04. The molecule has 14 heavy (non-hydrogen) atoms. The lowest BCUT2D eigenvalue weighted by atomic mass is 10.1. The van der Waals surface area contributed by atoms with E-state index in [-0.39, 0.29) is 0 Å². The zero-order valence-electron chi connectivity index (χ0n) is 8.42. The predicted molar refractivity (Wildman–Crippen MR) is 58.4 cm³/mol. The molecule has 2 aromatic rings. The van der Waals surface area contributed by atoms with E-state index >= 15 is 0 Å². The van der Waals surface area contributed by atoms with Gasteiger partial charge in [0.1, 0.15) is 5.58 Å². The first-order valence-electron chi connectivity index (χ1n) is 5.04. The van der Waals surface area contributed by atoms with Crippen LogP contribution in [0, 0.1) is 0 Å². The molecule has 0 spiro atoms. The molecule has 0 aliphatic rings. The van der Waals surface area contributed by atoms with E-state index in [1.54, 1.807) is 0 Å². The lowest BCUT2D eigenvalue weighted by Gasteiger charge is -1.97. The number of hydrogen-bond acceptors (Lipinski definition) is 2. The van der Waals surface area contributed by atoms with Gasteiger partial charge in [-0.2, -0.15) is 0 Å². The molecule has 0 amide bonds. The molecule has 0 fully saturated rings. The molecule has 0 radical (unpaired) electrons. The zero-order chi connectivity index (χ0) is 9.97. The molecule has 1 aromatic heterocycles. The van der Waals surface area contributed by atoms with Crippen molar-refractivity contribution in [3.63, 3.8) is 0 Å². The molecule has 0 atom stereocenters. The molecular weight excluding hydrogens is 174 g/mol. The monoisotopic (exact) mass is 189 g/mol. The second kappa shape index (κ2) is 3.84. The summed E-state index contributed by atoms with van der Waals surface area (Å²) in [6, 6.07) is 6.34. The van der Waals surface area contributed by atoms with E-state index in [1.807, 2.05) is 12.3 Å². The summed E-state index contributed by atoms with van der Waals surface area (Å²) < 4.78 is 5.45. The zero-order valence-corrected chi connectivity index (χ0v) is 8.42. The number of aryl methyl sites for hydroxylation is 1. The summed E-state index contributed by atoms with van der Waals surface area (Å²) in [5.74, 6) is 0. The molecule has 0 aliphatic heterocycles. The van der Waals surface area contributed by atoms with E-state index in [4.69, 9.17) is 10.2 Å². The molecule has 2 rings (SSSR count). The van der Waals surface area contributed by atoms with Crippen molar-refractivity contribution in [1.29, 1.82) is 0 Å². The second-order valence-electron chi connectivity index (χ2n) is 3.48. The minimum Gasteiger partial charge on any atom is -0.464 e. The molecule has 0 unspecified atom stereocenters. The highest BCUT2D eigenvalue weighted by molar-refractivity contribution is 5.81. The Balaban J connectivity index is 2.52. The summed E-state index contributed by atoms with van der Waals surface area (Å²) in [6.45, 7) is 2.83. The molecule has 0 aliphatic carbocycles. The van der Waals surface area contributed by atoms with Crippen LogP contribution in [0.15, 0.2) is 28.9 Å². The number of furan rings is 1. The fourth-order valence-electron chi connectivity index (χ4n) is 1.70. The number of hydrogen-bond donors (Lipinski definition) is 1. The fraction of sp³-hybridized carbons (Fsp3) is 0.333. The molecule has 2 heteroatoms. The maximum Gasteiger partial charge on any atom is 0.134 e. The third kappa shape index (κ3) is 1.53. The maximum atomic E-state index is 5.54. The lowest BCUT2D eigenvalue weighted by molar-refractivity contribution is 0.610. The van der Waals surface area contributed by atoms with E-state index in [0.29, 0.717) is 6.54 Å². The minimum absolute atomic E-state index is 0.672. The van der Waals surface area contributed by atoms with Crippen molar-refractivity contribution >= 4 is 11.0 Å². The number of benzene rings is 1. The summed E-state index contributed by atoms with van der Waals surface area (Å²) in [7, 11) is 0. The Bertz CT molecular complexity index is 431. The van der Waals surface area contributed by atoms with Crippen LogP contribution < -0.4 is 5.73 Å². The van der Waals surface area contributed by atoms with Gasteiger partial charge in [-0.1, -0.05) is 13.0 Å². The molecule has 0 bridgehead atoms. The Labute approximate surface area is 83.7 Å². The fourth-order valence-corrected chi connectivity index (χ4v) is 1.70. The molecule has 1 heterocycles. The Kier molecular flexibility index (Phi) is 2.55. The first kappa shape index (κ1) is 9.28. The smallest absolute Gasteiger partial charge is 0.134 e. The average Bonchev–Trinajstić information content (AvgIpc) is 2.61. The van der Waals surface area contributed by atoms with E-state index in [1.165, 1.54) is 16.5 Å². The lowest BCUT2D eigenvalue weighted by Crippen LogP contribution is -2.01. The van der Waals surface area contributed by atoms with Gasteiger partial charge in [-0.25, -0.2) is 0 Å². The van der Waals surface area contributed by atoms with Crippen LogP contribution in [-0.2, 0) is 12.8 Å². The topological polar surface area (TPSA) is 39.2 Å². The molecule has 0 saturated heterocycles. The summed E-state index contributed by atoms with van der Waals surface area (Å²) in [6.07, 6.45) is 3.76. The summed E-state index contributed by atoms with van der Waals surface area (Å²) in [5, 5.41) is 1.22. The number of fused-ring (bicyclic) bond motifs is 1. The van der Waals surface area contributed by atoms with Crippen LogP contribution in [-0.4, -0.2) is 6.54 Å². The Morgan fingerprint density at radius 2 is 2.21 bits per heavy atom. The van der Waals surface area contributed by atoms with E-state index in [0.717, 1.165) is 18.4 Å². The standard InChI is InChI=1S/C12H15NO/c1-2-9-3-4-12-11(7-9)10(5-6-13)8-14-12/h3-4,7-8H,2,5-6,13H2,1H3. The van der Waals surface area contributed by atoms with Crippen molar-refractivity contribution < 1.29 is 4.42 Å². The Morgan fingerprint density at radius 1 is 1.36 bits per heavy atom. The molecule has 74 valence electrons. The quantitative estimate of drug-likeness (QED) is 0.805.